The Kier molecular flexibility index (Phi) is 5.18. The minimum absolute atomic E-state index is 0.0941. The topological polar surface area (TPSA) is 110 Å². The first kappa shape index (κ1) is 20.0. The lowest BCUT2D eigenvalue weighted by Gasteiger charge is -2.33. The first-order chi connectivity index (χ1) is 12.6. The van der Waals surface area contributed by atoms with Gasteiger partial charge in [-0.25, -0.2) is 16.8 Å². The van der Waals surface area contributed by atoms with E-state index >= 15 is 0 Å². The van der Waals surface area contributed by atoms with E-state index in [4.69, 9.17) is 0 Å². The molecule has 0 saturated carbocycles. The van der Waals surface area contributed by atoms with E-state index in [0.717, 1.165) is 0 Å². The Morgan fingerprint density at radius 2 is 1.48 bits per heavy atom. The zero-order valence-electron chi connectivity index (χ0n) is 15.8. The Labute approximate surface area is 159 Å². The van der Waals surface area contributed by atoms with E-state index in [9.17, 15) is 16.8 Å². The molecule has 0 unspecified atom stereocenters. The third-order valence-corrected chi connectivity index (χ3v) is 8.85. The number of piperazine rings is 1. The van der Waals surface area contributed by atoms with Crippen LogP contribution in [0.15, 0.2) is 22.2 Å². The summed E-state index contributed by atoms with van der Waals surface area (Å²) in [6, 6.07) is 0. The number of hydrogen-bond acceptors (Lipinski definition) is 6. The van der Waals surface area contributed by atoms with Crippen LogP contribution in [0.25, 0.3) is 0 Å². The van der Waals surface area contributed by atoms with Gasteiger partial charge in [-0.3, -0.25) is 9.36 Å². The number of hydrogen-bond donors (Lipinski definition) is 0. The Hall–Kier alpha value is -1.76. The second-order valence-corrected chi connectivity index (χ2v) is 10.3. The normalized spacial score (nSPS) is 17.5. The summed E-state index contributed by atoms with van der Waals surface area (Å²) in [7, 11) is -5.73. The standard InChI is InChI=1S/C15H24N6O4S2/c1-5-19-11-15(12(2)17-19)27(24,25)21-8-6-20(7-9-21)26(22,23)14-10-16-18(4)13(14)3/h10-11H,5-9H2,1-4H3. The van der Waals surface area contributed by atoms with Crippen LogP contribution in [-0.4, -0.2) is 71.2 Å². The van der Waals surface area contributed by atoms with Crippen molar-refractivity contribution in [3.8, 4) is 0 Å². The van der Waals surface area contributed by atoms with Gasteiger partial charge >= 0.3 is 0 Å². The van der Waals surface area contributed by atoms with Crippen molar-refractivity contribution >= 4 is 20.0 Å². The third kappa shape index (κ3) is 3.42. The summed E-state index contributed by atoms with van der Waals surface area (Å²) in [5.41, 5.74) is 0.991. The van der Waals surface area contributed by atoms with Crippen LogP contribution in [0, 0.1) is 13.8 Å². The van der Waals surface area contributed by atoms with Crippen molar-refractivity contribution in [3.63, 3.8) is 0 Å². The fourth-order valence-electron chi connectivity index (χ4n) is 3.08. The highest BCUT2D eigenvalue weighted by Crippen LogP contribution is 2.24. The molecule has 0 amide bonds. The van der Waals surface area contributed by atoms with Gasteiger partial charge in [0.25, 0.3) is 0 Å². The molecule has 3 heterocycles. The van der Waals surface area contributed by atoms with Gasteiger partial charge in [0.05, 0.1) is 17.6 Å². The fraction of sp³-hybridized carbons (Fsp3) is 0.600. The molecule has 1 aliphatic heterocycles. The second-order valence-electron chi connectivity index (χ2n) is 6.46. The zero-order chi connectivity index (χ0) is 20.0. The molecule has 3 rings (SSSR count). The Morgan fingerprint density at radius 3 is 1.89 bits per heavy atom. The molecule has 10 nitrogen and oxygen atoms in total. The quantitative estimate of drug-likeness (QED) is 0.676. The van der Waals surface area contributed by atoms with Crippen LogP contribution in [-0.2, 0) is 33.6 Å². The summed E-state index contributed by atoms with van der Waals surface area (Å²) in [6.45, 7) is 6.18. The van der Waals surface area contributed by atoms with Crippen LogP contribution in [0.5, 0.6) is 0 Å². The molecule has 27 heavy (non-hydrogen) atoms. The molecule has 1 fully saturated rings. The molecule has 12 heteroatoms. The highest BCUT2D eigenvalue weighted by Gasteiger charge is 2.36. The van der Waals surface area contributed by atoms with Gasteiger partial charge in [0, 0.05) is 46.0 Å². The van der Waals surface area contributed by atoms with Crippen molar-refractivity contribution in [2.75, 3.05) is 26.2 Å². The molecule has 2 aromatic rings. The predicted molar refractivity (Wildman–Crippen MR) is 98.1 cm³/mol. The minimum atomic E-state index is -3.71. The second kappa shape index (κ2) is 7.00. The molecule has 150 valence electrons. The molecule has 0 bridgehead atoms. The molecule has 0 aliphatic carbocycles. The van der Waals surface area contributed by atoms with Crippen molar-refractivity contribution in [3.05, 3.63) is 23.8 Å². The molecule has 0 N–H and O–H groups in total. The lowest BCUT2D eigenvalue weighted by Crippen LogP contribution is -2.50. The van der Waals surface area contributed by atoms with Gasteiger partial charge in [-0.15, -0.1) is 0 Å². The summed E-state index contributed by atoms with van der Waals surface area (Å²) in [6.07, 6.45) is 2.85. The summed E-state index contributed by atoms with van der Waals surface area (Å²) in [4.78, 5) is 0.324. The van der Waals surface area contributed by atoms with E-state index in [1.165, 1.54) is 25.7 Å². The van der Waals surface area contributed by atoms with Gasteiger partial charge in [0.1, 0.15) is 9.79 Å². The van der Waals surface area contributed by atoms with Gasteiger partial charge in [0.2, 0.25) is 20.0 Å². The highest BCUT2D eigenvalue weighted by molar-refractivity contribution is 7.89. The van der Waals surface area contributed by atoms with E-state index in [1.807, 2.05) is 6.92 Å². The van der Waals surface area contributed by atoms with E-state index in [-0.39, 0.29) is 36.0 Å². The number of sulfonamides is 2. The molecule has 0 aromatic carbocycles. The average molecular weight is 417 g/mol. The Balaban J connectivity index is 1.78. The van der Waals surface area contributed by atoms with Crippen LogP contribution in [0.1, 0.15) is 18.3 Å². The van der Waals surface area contributed by atoms with E-state index in [1.54, 1.807) is 25.6 Å². The summed E-state index contributed by atoms with van der Waals surface area (Å²) >= 11 is 0. The van der Waals surface area contributed by atoms with Gasteiger partial charge in [-0.05, 0) is 20.8 Å². The van der Waals surface area contributed by atoms with Crippen LogP contribution in [0.2, 0.25) is 0 Å². The predicted octanol–water partition coefficient (Wildman–Crippen LogP) is -0.0515. The number of aryl methyl sites for hydroxylation is 3. The molecular formula is C15H24N6O4S2. The van der Waals surface area contributed by atoms with E-state index in [2.05, 4.69) is 10.2 Å². The maximum atomic E-state index is 12.9. The first-order valence-corrected chi connectivity index (χ1v) is 11.5. The molecule has 0 spiro atoms. The lowest BCUT2D eigenvalue weighted by atomic mass is 10.4. The molecule has 0 radical (unpaired) electrons. The minimum Gasteiger partial charge on any atom is -0.272 e. The summed E-state index contributed by atoms with van der Waals surface area (Å²) < 4.78 is 57.2. The fourth-order valence-corrected chi connectivity index (χ4v) is 6.27. The molecule has 1 aliphatic rings. The number of aromatic nitrogens is 4. The highest BCUT2D eigenvalue weighted by atomic mass is 32.2. The maximum absolute atomic E-state index is 12.9. The maximum Gasteiger partial charge on any atom is 0.246 e. The zero-order valence-corrected chi connectivity index (χ0v) is 17.5. The Bertz CT molecular complexity index is 1050. The van der Waals surface area contributed by atoms with E-state index in [0.29, 0.717) is 17.9 Å². The number of nitrogens with zero attached hydrogens (tertiary/aromatic N) is 6. The molecule has 2 aromatic heterocycles. The third-order valence-electron chi connectivity index (χ3n) is 4.85. The average Bonchev–Trinajstić information content (AvgIpc) is 3.18. The molecular weight excluding hydrogens is 392 g/mol. The van der Waals surface area contributed by atoms with Crippen LogP contribution < -0.4 is 0 Å². The van der Waals surface area contributed by atoms with Crippen molar-refractivity contribution < 1.29 is 16.8 Å². The van der Waals surface area contributed by atoms with Crippen molar-refractivity contribution in [2.45, 2.75) is 37.1 Å². The molecule has 1 saturated heterocycles. The SMILES string of the molecule is CCn1cc(S(=O)(=O)N2CCN(S(=O)(=O)c3cnn(C)c3C)CC2)c(C)n1. The van der Waals surface area contributed by atoms with Gasteiger partial charge < -0.3 is 0 Å². The van der Waals surface area contributed by atoms with E-state index < -0.39 is 20.0 Å². The van der Waals surface area contributed by atoms with Crippen molar-refractivity contribution in [2.24, 2.45) is 7.05 Å². The summed E-state index contributed by atoms with van der Waals surface area (Å²) in [5.74, 6) is 0. The van der Waals surface area contributed by atoms with Crippen LogP contribution in [0.4, 0.5) is 0 Å². The van der Waals surface area contributed by atoms with Gasteiger partial charge in [0.15, 0.2) is 0 Å². The number of rotatable bonds is 5. The van der Waals surface area contributed by atoms with Crippen molar-refractivity contribution in [1.82, 2.24) is 28.2 Å². The molecule has 0 atom stereocenters. The van der Waals surface area contributed by atoms with Crippen LogP contribution >= 0.6 is 0 Å². The Morgan fingerprint density at radius 1 is 0.963 bits per heavy atom. The monoisotopic (exact) mass is 416 g/mol. The van der Waals surface area contributed by atoms with Gasteiger partial charge in [-0.2, -0.15) is 18.8 Å². The largest absolute Gasteiger partial charge is 0.272 e. The lowest BCUT2D eigenvalue weighted by molar-refractivity contribution is 0.272. The smallest absolute Gasteiger partial charge is 0.246 e. The van der Waals surface area contributed by atoms with Crippen LogP contribution in [0.3, 0.4) is 0 Å². The van der Waals surface area contributed by atoms with Crippen molar-refractivity contribution in [1.29, 1.82) is 0 Å². The first-order valence-electron chi connectivity index (χ1n) is 8.62. The van der Waals surface area contributed by atoms with Gasteiger partial charge in [-0.1, -0.05) is 0 Å². The summed E-state index contributed by atoms with van der Waals surface area (Å²) in [5, 5.41) is 8.18.